The van der Waals surface area contributed by atoms with Gasteiger partial charge < -0.3 is 9.64 Å². The maximum absolute atomic E-state index is 12.4. The average Bonchev–Trinajstić information content (AvgIpc) is 2.99. The number of hydrogen-bond acceptors (Lipinski definition) is 3. The molecule has 4 rings (SSSR count). The SMILES string of the molecule is CN(Cc1ccccc1)[C@H]1COC2(CCN(C(=O)C3CCC3)CC2)C1. The van der Waals surface area contributed by atoms with Gasteiger partial charge in [0.15, 0.2) is 0 Å². The van der Waals surface area contributed by atoms with E-state index in [-0.39, 0.29) is 5.60 Å². The van der Waals surface area contributed by atoms with Gasteiger partial charge in [0, 0.05) is 31.6 Å². The minimum atomic E-state index is 0.00596. The molecule has 0 aromatic heterocycles. The third-order valence-electron chi connectivity index (χ3n) is 6.53. The van der Waals surface area contributed by atoms with Crippen LogP contribution >= 0.6 is 0 Å². The number of carbonyl (C=O) groups is 1. The van der Waals surface area contributed by atoms with Gasteiger partial charge in [0.05, 0.1) is 12.2 Å². The standard InChI is InChI=1S/C21H30N2O2/c1-22(15-17-6-3-2-4-7-17)19-14-21(25-16-19)10-12-23(13-11-21)20(24)18-8-5-9-18/h2-4,6-7,18-19H,5,8-16H2,1H3/t19-/m1/s1. The van der Waals surface area contributed by atoms with Crippen LogP contribution in [-0.2, 0) is 16.1 Å². The molecule has 3 fully saturated rings. The predicted molar refractivity (Wildman–Crippen MR) is 98.2 cm³/mol. The van der Waals surface area contributed by atoms with E-state index in [0.29, 0.717) is 17.9 Å². The Bertz CT molecular complexity index is 591. The molecule has 1 aromatic carbocycles. The molecular weight excluding hydrogens is 312 g/mol. The number of nitrogens with zero attached hydrogens (tertiary/aromatic N) is 2. The lowest BCUT2D eigenvalue weighted by Crippen LogP contribution is -2.49. The first-order chi connectivity index (χ1) is 12.2. The Morgan fingerprint density at radius 3 is 2.60 bits per heavy atom. The van der Waals surface area contributed by atoms with Crippen molar-refractivity contribution in [2.45, 2.75) is 56.7 Å². The summed E-state index contributed by atoms with van der Waals surface area (Å²) in [6, 6.07) is 11.1. The number of ether oxygens (including phenoxy) is 1. The zero-order valence-corrected chi connectivity index (χ0v) is 15.3. The summed E-state index contributed by atoms with van der Waals surface area (Å²) in [7, 11) is 2.20. The van der Waals surface area contributed by atoms with Crippen molar-refractivity contribution in [1.29, 1.82) is 0 Å². The Morgan fingerprint density at radius 1 is 1.24 bits per heavy atom. The number of hydrogen-bond donors (Lipinski definition) is 0. The summed E-state index contributed by atoms with van der Waals surface area (Å²) >= 11 is 0. The van der Waals surface area contributed by atoms with E-state index < -0.39 is 0 Å². The van der Waals surface area contributed by atoms with Crippen molar-refractivity contribution in [1.82, 2.24) is 9.80 Å². The first-order valence-electron chi connectivity index (χ1n) is 9.82. The summed E-state index contributed by atoms with van der Waals surface area (Å²) in [5.41, 5.74) is 1.36. The van der Waals surface area contributed by atoms with Crippen LogP contribution in [0.15, 0.2) is 30.3 Å². The Hall–Kier alpha value is -1.39. The van der Waals surface area contributed by atoms with Gasteiger partial charge in [-0.05, 0) is 44.7 Å². The maximum Gasteiger partial charge on any atom is 0.225 e. The topological polar surface area (TPSA) is 32.8 Å². The van der Waals surface area contributed by atoms with Crippen LogP contribution in [0.25, 0.3) is 0 Å². The number of carbonyl (C=O) groups excluding carboxylic acids is 1. The number of benzene rings is 1. The van der Waals surface area contributed by atoms with Crippen molar-refractivity contribution < 1.29 is 9.53 Å². The van der Waals surface area contributed by atoms with Crippen molar-refractivity contribution in [3.8, 4) is 0 Å². The maximum atomic E-state index is 12.4. The minimum Gasteiger partial charge on any atom is -0.373 e. The van der Waals surface area contributed by atoms with E-state index in [1.54, 1.807) is 0 Å². The van der Waals surface area contributed by atoms with Crippen LogP contribution in [-0.4, -0.2) is 54.1 Å². The molecule has 4 nitrogen and oxygen atoms in total. The highest BCUT2D eigenvalue weighted by atomic mass is 16.5. The van der Waals surface area contributed by atoms with E-state index in [2.05, 4.69) is 47.2 Å². The first kappa shape index (κ1) is 17.0. The van der Waals surface area contributed by atoms with Gasteiger partial charge in [-0.2, -0.15) is 0 Å². The highest BCUT2D eigenvalue weighted by Crippen LogP contribution is 2.39. The van der Waals surface area contributed by atoms with Gasteiger partial charge in [-0.15, -0.1) is 0 Å². The number of likely N-dealkylation sites (N-methyl/N-ethyl adjacent to an activating group) is 1. The van der Waals surface area contributed by atoms with Gasteiger partial charge in [-0.3, -0.25) is 9.69 Å². The molecule has 2 aliphatic heterocycles. The highest BCUT2D eigenvalue weighted by Gasteiger charge is 2.45. The molecule has 1 aromatic rings. The molecule has 2 heterocycles. The molecule has 1 saturated carbocycles. The second-order valence-electron chi connectivity index (χ2n) is 8.21. The normalized spacial score (nSPS) is 26.2. The van der Waals surface area contributed by atoms with Crippen molar-refractivity contribution >= 4 is 5.91 Å². The highest BCUT2D eigenvalue weighted by molar-refractivity contribution is 5.79. The van der Waals surface area contributed by atoms with Crippen molar-refractivity contribution in [2.24, 2.45) is 5.92 Å². The summed E-state index contributed by atoms with van der Waals surface area (Å²) in [5.74, 6) is 0.722. The zero-order valence-electron chi connectivity index (χ0n) is 15.3. The molecular formula is C21H30N2O2. The molecule has 0 N–H and O–H groups in total. The molecule has 0 bridgehead atoms. The Kier molecular flexibility index (Phi) is 4.83. The predicted octanol–water partition coefficient (Wildman–Crippen LogP) is 3.07. The molecule has 4 heteroatoms. The van der Waals surface area contributed by atoms with E-state index >= 15 is 0 Å². The number of likely N-dealkylation sites (tertiary alicyclic amines) is 1. The van der Waals surface area contributed by atoms with E-state index in [4.69, 9.17) is 4.74 Å². The molecule has 25 heavy (non-hydrogen) atoms. The molecule has 0 radical (unpaired) electrons. The van der Waals surface area contributed by atoms with Crippen LogP contribution in [0, 0.1) is 5.92 Å². The monoisotopic (exact) mass is 342 g/mol. The van der Waals surface area contributed by atoms with Crippen LogP contribution in [0.3, 0.4) is 0 Å². The fourth-order valence-electron chi connectivity index (χ4n) is 4.50. The Morgan fingerprint density at radius 2 is 1.96 bits per heavy atom. The van der Waals surface area contributed by atoms with Gasteiger partial charge in [0.25, 0.3) is 0 Å². The van der Waals surface area contributed by atoms with E-state index in [1.807, 2.05) is 0 Å². The third kappa shape index (κ3) is 3.61. The fraction of sp³-hybridized carbons (Fsp3) is 0.667. The summed E-state index contributed by atoms with van der Waals surface area (Å²) in [5, 5.41) is 0. The quantitative estimate of drug-likeness (QED) is 0.843. The van der Waals surface area contributed by atoms with Crippen LogP contribution in [0.5, 0.6) is 0 Å². The minimum absolute atomic E-state index is 0.00596. The van der Waals surface area contributed by atoms with Gasteiger partial charge >= 0.3 is 0 Å². The van der Waals surface area contributed by atoms with Gasteiger partial charge in [0.2, 0.25) is 5.91 Å². The Balaban J connectivity index is 1.29. The van der Waals surface area contributed by atoms with Gasteiger partial charge in [-0.25, -0.2) is 0 Å². The lowest BCUT2D eigenvalue weighted by molar-refractivity contribution is -0.142. The van der Waals surface area contributed by atoms with Crippen LogP contribution in [0.4, 0.5) is 0 Å². The van der Waals surface area contributed by atoms with Crippen molar-refractivity contribution in [3.63, 3.8) is 0 Å². The average molecular weight is 342 g/mol. The molecule has 1 amide bonds. The number of amides is 1. The molecule has 3 aliphatic rings. The summed E-state index contributed by atoms with van der Waals surface area (Å²) < 4.78 is 6.30. The lowest BCUT2D eigenvalue weighted by Gasteiger charge is -2.41. The molecule has 2 saturated heterocycles. The number of rotatable bonds is 4. The van der Waals surface area contributed by atoms with E-state index in [9.17, 15) is 4.79 Å². The molecule has 136 valence electrons. The number of piperidine rings is 1. The van der Waals surface area contributed by atoms with Crippen LogP contribution < -0.4 is 0 Å². The summed E-state index contributed by atoms with van der Waals surface area (Å²) in [6.45, 7) is 3.55. The smallest absolute Gasteiger partial charge is 0.225 e. The van der Waals surface area contributed by atoms with Crippen molar-refractivity contribution in [3.05, 3.63) is 35.9 Å². The lowest BCUT2D eigenvalue weighted by atomic mass is 9.82. The second kappa shape index (κ2) is 7.08. The third-order valence-corrected chi connectivity index (χ3v) is 6.53. The van der Waals surface area contributed by atoms with Gasteiger partial charge in [0.1, 0.15) is 0 Å². The second-order valence-corrected chi connectivity index (χ2v) is 8.21. The zero-order chi connectivity index (χ0) is 17.3. The molecule has 1 spiro atoms. The fourth-order valence-corrected chi connectivity index (χ4v) is 4.50. The molecule has 1 aliphatic carbocycles. The summed E-state index contributed by atoms with van der Waals surface area (Å²) in [6.07, 6.45) is 6.53. The molecule has 1 atom stereocenters. The van der Waals surface area contributed by atoms with E-state index in [0.717, 1.165) is 58.3 Å². The first-order valence-corrected chi connectivity index (χ1v) is 9.82. The molecule has 0 unspecified atom stereocenters. The Labute approximate surface area is 151 Å². The largest absolute Gasteiger partial charge is 0.373 e. The van der Waals surface area contributed by atoms with Gasteiger partial charge in [-0.1, -0.05) is 36.8 Å². The van der Waals surface area contributed by atoms with E-state index in [1.165, 1.54) is 12.0 Å². The summed E-state index contributed by atoms with van der Waals surface area (Å²) in [4.78, 5) is 17.0. The van der Waals surface area contributed by atoms with Crippen LogP contribution in [0.1, 0.15) is 44.1 Å². The van der Waals surface area contributed by atoms with Crippen molar-refractivity contribution in [2.75, 3.05) is 26.7 Å². The van der Waals surface area contributed by atoms with Crippen LogP contribution in [0.2, 0.25) is 0 Å².